The molecule has 0 unspecified atom stereocenters. The van der Waals surface area contributed by atoms with Crippen LogP contribution in [0.5, 0.6) is 5.75 Å². The summed E-state index contributed by atoms with van der Waals surface area (Å²) >= 11 is 5.42. The van der Waals surface area contributed by atoms with E-state index in [1.807, 2.05) is 41.0 Å². The van der Waals surface area contributed by atoms with Gasteiger partial charge in [0.2, 0.25) is 0 Å². The van der Waals surface area contributed by atoms with E-state index in [0.717, 1.165) is 39.4 Å². The van der Waals surface area contributed by atoms with E-state index in [2.05, 4.69) is 46.5 Å². The minimum absolute atomic E-state index is 0.577. The van der Waals surface area contributed by atoms with Crippen molar-refractivity contribution < 1.29 is 4.74 Å². The second-order valence-electron chi connectivity index (χ2n) is 6.27. The van der Waals surface area contributed by atoms with Gasteiger partial charge in [0.1, 0.15) is 5.75 Å². The number of para-hydroxylation sites is 1. The van der Waals surface area contributed by atoms with Crippen molar-refractivity contribution in [1.29, 1.82) is 0 Å². The molecule has 2 heterocycles. The monoisotopic (exact) mass is 376 g/mol. The van der Waals surface area contributed by atoms with Crippen molar-refractivity contribution in [1.82, 2.24) is 19.3 Å². The maximum absolute atomic E-state index is 5.47. The molecule has 0 spiro atoms. The summed E-state index contributed by atoms with van der Waals surface area (Å²) in [5.41, 5.74) is 4.31. The van der Waals surface area contributed by atoms with E-state index >= 15 is 0 Å². The van der Waals surface area contributed by atoms with Crippen molar-refractivity contribution in [2.75, 3.05) is 7.11 Å². The van der Waals surface area contributed by atoms with E-state index < -0.39 is 0 Å². The third kappa shape index (κ3) is 2.78. The largest absolute Gasteiger partial charge is 0.497 e. The first-order chi connectivity index (χ1) is 13.2. The molecule has 2 aromatic heterocycles. The molecule has 27 heavy (non-hydrogen) atoms. The Bertz CT molecular complexity index is 1180. The van der Waals surface area contributed by atoms with Gasteiger partial charge in [-0.3, -0.25) is 9.67 Å². The van der Waals surface area contributed by atoms with Crippen molar-refractivity contribution >= 4 is 23.1 Å². The van der Waals surface area contributed by atoms with Gasteiger partial charge in [-0.1, -0.05) is 24.3 Å². The summed E-state index contributed by atoms with van der Waals surface area (Å²) in [6.45, 7) is 6.53. The first-order valence-corrected chi connectivity index (χ1v) is 9.07. The number of nitrogens with zero attached hydrogens (tertiary/aromatic N) is 3. The van der Waals surface area contributed by atoms with E-state index in [0.29, 0.717) is 11.3 Å². The molecule has 0 aliphatic rings. The van der Waals surface area contributed by atoms with Gasteiger partial charge in [-0.15, -0.1) is 6.58 Å². The molecule has 0 aliphatic heterocycles. The zero-order valence-corrected chi connectivity index (χ0v) is 16.1. The number of methoxy groups -OCH3 is 1. The quantitative estimate of drug-likeness (QED) is 0.391. The van der Waals surface area contributed by atoms with Crippen LogP contribution in [0.2, 0.25) is 0 Å². The van der Waals surface area contributed by atoms with Crippen molar-refractivity contribution in [2.24, 2.45) is 0 Å². The minimum Gasteiger partial charge on any atom is -0.497 e. The molecule has 0 atom stereocenters. The average Bonchev–Trinajstić information content (AvgIpc) is 3.18. The molecular weight excluding hydrogens is 356 g/mol. The Morgan fingerprint density at radius 1 is 1.22 bits per heavy atom. The van der Waals surface area contributed by atoms with E-state index in [1.165, 1.54) is 0 Å². The van der Waals surface area contributed by atoms with Gasteiger partial charge in [-0.05, 0) is 49.5 Å². The SMILES string of the molecule is C=CCn1c(-c2c(C)n(-c3ccccc3)c3ccc(OC)cc23)n[nH]c1=S. The molecule has 0 aliphatic carbocycles. The second kappa shape index (κ2) is 6.89. The summed E-state index contributed by atoms with van der Waals surface area (Å²) in [4.78, 5) is 0. The number of allylic oxidation sites excluding steroid dienone is 1. The maximum atomic E-state index is 5.47. The highest BCUT2D eigenvalue weighted by Gasteiger charge is 2.21. The molecule has 4 rings (SSSR count). The Labute approximate surface area is 162 Å². The second-order valence-corrected chi connectivity index (χ2v) is 6.65. The average molecular weight is 376 g/mol. The van der Waals surface area contributed by atoms with Crippen LogP contribution in [-0.4, -0.2) is 26.4 Å². The summed E-state index contributed by atoms with van der Waals surface area (Å²) in [5.74, 6) is 1.60. The predicted molar refractivity (Wildman–Crippen MR) is 111 cm³/mol. The van der Waals surface area contributed by atoms with Gasteiger partial charge in [-0.2, -0.15) is 5.10 Å². The maximum Gasteiger partial charge on any atom is 0.195 e. The van der Waals surface area contributed by atoms with E-state index in [4.69, 9.17) is 17.0 Å². The first kappa shape index (κ1) is 17.3. The zero-order valence-electron chi connectivity index (χ0n) is 15.3. The molecule has 0 amide bonds. The molecule has 0 saturated heterocycles. The number of hydrogen-bond acceptors (Lipinski definition) is 3. The Morgan fingerprint density at radius 2 is 2.00 bits per heavy atom. The van der Waals surface area contributed by atoms with Gasteiger partial charge in [-0.25, -0.2) is 0 Å². The van der Waals surface area contributed by atoms with Gasteiger partial charge in [0.25, 0.3) is 0 Å². The number of H-pyrrole nitrogens is 1. The van der Waals surface area contributed by atoms with Crippen molar-refractivity contribution in [2.45, 2.75) is 13.5 Å². The normalized spacial score (nSPS) is 11.0. The van der Waals surface area contributed by atoms with Crippen LogP contribution in [0, 0.1) is 11.7 Å². The molecule has 4 aromatic rings. The molecule has 5 nitrogen and oxygen atoms in total. The summed E-state index contributed by atoms with van der Waals surface area (Å²) in [6.07, 6.45) is 1.82. The third-order valence-corrected chi connectivity index (χ3v) is 5.03. The molecule has 0 saturated carbocycles. The highest BCUT2D eigenvalue weighted by atomic mass is 32.1. The van der Waals surface area contributed by atoms with Crippen molar-refractivity contribution in [3.05, 3.63) is 71.7 Å². The van der Waals surface area contributed by atoms with Crippen molar-refractivity contribution in [3.8, 4) is 22.8 Å². The van der Waals surface area contributed by atoms with E-state index in [9.17, 15) is 0 Å². The summed E-state index contributed by atoms with van der Waals surface area (Å²) in [6, 6.07) is 16.4. The molecule has 136 valence electrons. The Balaban J connectivity index is 2.10. The van der Waals surface area contributed by atoms with Gasteiger partial charge in [0.15, 0.2) is 10.6 Å². The molecule has 6 heteroatoms. The lowest BCUT2D eigenvalue weighted by Gasteiger charge is -2.09. The number of nitrogens with one attached hydrogen (secondary N) is 1. The molecule has 2 aromatic carbocycles. The Hall–Kier alpha value is -3.12. The Kier molecular flexibility index (Phi) is 4.41. The number of aromatic nitrogens is 4. The van der Waals surface area contributed by atoms with Gasteiger partial charge < -0.3 is 9.30 Å². The highest BCUT2D eigenvalue weighted by Crippen LogP contribution is 2.37. The summed E-state index contributed by atoms with van der Waals surface area (Å²) in [7, 11) is 1.68. The van der Waals surface area contributed by atoms with E-state index in [-0.39, 0.29) is 0 Å². The molecule has 0 radical (unpaired) electrons. The third-order valence-electron chi connectivity index (χ3n) is 4.72. The fourth-order valence-electron chi connectivity index (χ4n) is 3.52. The number of hydrogen-bond donors (Lipinski definition) is 1. The van der Waals surface area contributed by atoms with Crippen LogP contribution in [0.15, 0.2) is 61.2 Å². The minimum atomic E-state index is 0.577. The van der Waals surface area contributed by atoms with E-state index in [1.54, 1.807) is 7.11 Å². The predicted octanol–water partition coefficient (Wildman–Crippen LogP) is 5.05. The van der Waals surface area contributed by atoms with Crippen LogP contribution in [0.3, 0.4) is 0 Å². The van der Waals surface area contributed by atoms with Crippen LogP contribution in [-0.2, 0) is 6.54 Å². The lowest BCUT2D eigenvalue weighted by molar-refractivity contribution is 0.415. The molecule has 0 bridgehead atoms. The van der Waals surface area contributed by atoms with Crippen LogP contribution >= 0.6 is 12.2 Å². The molecular formula is C21H20N4OS. The van der Waals surface area contributed by atoms with Gasteiger partial charge in [0.05, 0.1) is 12.6 Å². The standard InChI is InChI=1S/C21H20N4OS/c1-4-12-24-20(22-23-21(24)27)19-14(2)25(15-8-6-5-7-9-15)18-11-10-16(26-3)13-17(18)19/h4-11,13H,1,12H2,2-3H3,(H,23,27). The van der Waals surface area contributed by atoms with Crippen LogP contribution in [0.4, 0.5) is 0 Å². The summed E-state index contributed by atoms with van der Waals surface area (Å²) in [5, 5.41) is 8.50. The van der Waals surface area contributed by atoms with Gasteiger partial charge >= 0.3 is 0 Å². The zero-order chi connectivity index (χ0) is 19.0. The van der Waals surface area contributed by atoms with Crippen molar-refractivity contribution in [3.63, 3.8) is 0 Å². The smallest absolute Gasteiger partial charge is 0.195 e. The first-order valence-electron chi connectivity index (χ1n) is 8.66. The molecule has 0 fully saturated rings. The lowest BCUT2D eigenvalue weighted by atomic mass is 10.1. The van der Waals surface area contributed by atoms with Crippen LogP contribution in [0.1, 0.15) is 5.69 Å². The topological polar surface area (TPSA) is 47.8 Å². The Morgan fingerprint density at radius 3 is 2.70 bits per heavy atom. The summed E-state index contributed by atoms with van der Waals surface area (Å²) < 4.78 is 10.2. The number of aromatic amines is 1. The fraction of sp³-hybridized carbons (Fsp3) is 0.143. The van der Waals surface area contributed by atoms with Crippen LogP contribution in [0.25, 0.3) is 28.0 Å². The fourth-order valence-corrected chi connectivity index (χ4v) is 3.73. The lowest BCUT2D eigenvalue weighted by Crippen LogP contribution is -2.00. The number of ether oxygens (including phenoxy) is 1. The van der Waals surface area contributed by atoms with Gasteiger partial charge in [0, 0.05) is 28.9 Å². The highest BCUT2D eigenvalue weighted by molar-refractivity contribution is 7.71. The van der Waals surface area contributed by atoms with Crippen LogP contribution < -0.4 is 4.74 Å². The number of fused-ring (bicyclic) bond motifs is 1. The molecule has 1 N–H and O–H groups in total. The number of rotatable bonds is 5. The number of benzene rings is 2.